The van der Waals surface area contributed by atoms with E-state index in [1.165, 1.54) is 24.5 Å². The zero-order valence-corrected chi connectivity index (χ0v) is 15.5. The number of hydrogen-bond donors (Lipinski definition) is 2. The Hall–Kier alpha value is -3.76. The van der Waals surface area contributed by atoms with Crippen LogP contribution in [0.15, 0.2) is 48.9 Å². The van der Waals surface area contributed by atoms with Crippen molar-refractivity contribution in [2.45, 2.75) is 19.1 Å². The lowest BCUT2D eigenvalue weighted by Gasteiger charge is -2.15. The van der Waals surface area contributed by atoms with Crippen LogP contribution in [0.5, 0.6) is 0 Å². The SMILES string of the molecule is C[C@H](Nc1cc(-c2c(N)nn3ccc(C(F)(F)F)nc23)ncn1)c1ccc(F)cc1.[HH].[HH]. The first-order valence-corrected chi connectivity index (χ1v) is 8.79. The summed E-state index contributed by atoms with van der Waals surface area (Å²) in [5, 5.41) is 7.15. The van der Waals surface area contributed by atoms with Crippen LogP contribution in [0.25, 0.3) is 16.9 Å². The maximum atomic E-state index is 13.1. The van der Waals surface area contributed by atoms with Crippen molar-refractivity contribution >= 4 is 17.3 Å². The summed E-state index contributed by atoms with van der Waals surface area (Å²) >= 11 is 0. The average Bonchev–Trinajstić information content (AvgIpc) is 3.03. The second-order valence-electron chi connectivity index (χ2n) is 6.55. The van der Waals surface area contributed by atoms with E-state index in [9.17, 15) is 17.6 Å². The third kappa shape index (κ3) is 3.73. The van der Waals surface area contributed by atoms with E-state index in [1.807, 2.05) is 6.92 Å². The van der Waals surface area contributed by atoms with E-state index in [0.717, 1.165) is 22.3 Å². The molecule has 1 atom stereocenters. The van der Waals surface area contributed by atoms with Crippen molar-refractivity contribution in [3.63, 3.8) is 0 Å². The van der Waals surface area contributed by atoms with Crippen LogP contribution >= 0.6 is 0 Å². The van der Waals surface area contributed by atoms with Crippen LogP contribution in [-0.2, 0) is 6.18 Å². The summed E-state index contributed by atoms with van der Waals surface area (Å²) < 4.78 is 53.5. The number of alkyl halides is 3. The lowest BCUT2D eigenvalue weighted by Crippen LogP contribution is -2.09. The number of nitrogen functional groups attached to an aromatic ring is 1. The molecule has 0 aliphatic rings. The van der Waals surface area contributed by atoms with Gasteiger partial charge in [-0.1, -0.05) is 12.1 Å². The van der Waals surface area contributed by atoms with Crippen molar-refractivity contribution < 1.29 is 20.4 Å². The molecule has 4 rings (SSSR count). The molecule has 0 saturated heterocycles. The molecule has 0 aliphatic carbocycles. The molecule has 3 heterocycles. The van der Waals surface area contributed by atoms with Crippen molar-refractivity contribution in [2.75, 3.05) is 11.1 Å². The smallest absolute Gasteiger partial charge is 0.382 e. The number of benzene rings is 1. The van der Waals surface area contributed by atoms with Gasteiger partial charge in [0.1, 0.15) is 23.7 Å². The van der Waals surface area contributed by atoms with Gasteiger partial charge in [-0.05, 0) is 30.7 Å². The number of aromatic nitrogens is 5. The molecule has 3 N–H and O–H groups in total. The molecule has 4 aromatic rings. The molecule has 1 aromatic carbocycles. The largest absolute Gasteiger partial charge is 0.433 e. The lowest BCUT2D eigenvalue weighted by atomic mass is 10.1. The van der Waals surface area contributed by atoms with Crippen LogP contribution in [0.2, 0.25) is 0 Å². The first-order valence-electron chi connectivity index (χ1n) is 8.79. The fraction of sp³-hybridized carbons (Fsp3) is 0.158. The van der Waals surface area contributed by atoms with E-state index >= 15 is 0 Å². The van der Waals surface area contributed by atoms with Gasteiger partial charge in [0, 0.05) is 21.2 Å². The highest BCUT2D eigenvalue weighted by atomic mass is 19.4. The van der Waals surface area contributed by atoms with Crippen LogP contribution in [0.1, 0.15) is 27.1 Å². The number of fused-ring (bicyclic) bond motifs is 1. The van der Waals surface area contributed by atoms with Gasteiger partial charge in [0.2, 0.25) is 0 Å². The van der Waals surface area contributed by atoms with Gasteiger partial charge < -0.3 is 11.1 Å². The number of nitrogens with two attached hydrogens (primary N) is 1. The summed E-state index contributed by atoms with van der Waals surface area (Å²) in [6, 6.07) is 8.12. The zero-order chi connectivity index (χ0) is 21.5. The van der Waals surface area contributed by atoms with Crippen molar-refractivity contribution in [1.29, 1.82) is 0 Å². The molecule has 0 spiro atoms. The summed E-state index contributed by atoms with van der Waals surface area (Å²) in [6.45, 7) is 1.86. The van der Waals surface area contributed by atoms with E-state index in [0.29, 0.717) is 5.82 Å². The predicted molar refractivity (Wildman–Crippen MR) is 106 cm³/mol. The number of anilines is 2. The maximum Gasteiger partial charge on any atom is 0.433 e. The second kappa shape index (κ2) is 7.25. The molecular formula is C19H19F4N7. The van der Waals surface area contributed by atoms with Crippen LogP contribution in [0.4, 0.5) is 29.2 Å². The van der Waals surface area contributed by atoms with Gasteiger partial charge in [-0.25, -0.2) is 23.9 Å². The van der Waals surface area contributed by atoms with E-state index in [2.05, 4.69) is 25.4 Å². The lowest BCUT2D eigenvalue weighted by molar-refractivity contribution is -0.141. The molecule has 11 heteroatoms. The molecule has 3 aromatic heterocycles. The summed E-state index contributed by atoms with van der Waals surface area (Å²) in [6.07, 6.45) is -2.21. The first kappa shape index (κ1) is 19.6. The minimum atomic E-state index is -4.61. The maximum absolute atomic E-state index is 13.1. The van der Waals surface area contributed by atoms with Crippen molar-refractivity contribution in [2.24, 2.45) is 0 Å². The molecule has 0 aliphatic heterocycles. The van der Waals surface area contributed by atoms with Crippen molar-refractivity contribution in [1.82, 2.24) is 24.6 Å². The summed E-state index contributed by atoms with van der Waals surface area (Å²) in [7, 11) is 0. The first-order chi connectivity index (χ1) is 14.2. The fourth-order valence-electron chi connectivity index (χ4n) is 2.98. The van der Waals surface area contributed by atoms with Gasteiger partial charge in [0.05, 0.1) is 11.3 Å². The topological polar surface area (TPSA) is 94.0 Å². The Morgan fingerprint density at radius 2 is 1.87 bits per heavy atom. The fourth-order valence-corrected chi connectivity index (χ4v) is 2.98. The Morgan fingerprint density at radius 3 is 2.57 bits per heavy atom. The van der Waals surface area contributed by atoms with Gasteiger partial charge in [-0.15, -0.1) is 5.10 Å². The molecule has 158 valence electrons. The molecule has 0 bridgehead atoms. The molecule has 0 radical (unpaired) electrons. The van der Waals surface area contributed by atoms with E-state index in [-0.39, 0.29) is 37.4 Å². The molecule has 0 amide bonds. The molecule has 0 saturated carbocycles. The third-order valence-electron chi connectivity index (χ3n) is 4.46. The Balaban J connectivity index is 0.00000181. The van der Waals surface area contributed by atoms with Crippen molar-refractivity contribution in [3.05, 3.63) is 66.0 Å². The van der Waals surface area contributed by atoms with Gasteiger partial charge in [0.15, 0.2) is 11.5 Å². The van der Waals surface area contributed by atoms with Crippen LogP contribution in [0.3, 0.4) is 0 Å². The highest BCUT2D eigenvalue weighted by molar-refractivity contribution is 5.85. The molecule has 0 unspecified atom stereocenters. The highest BCUT2D eigenvalue weighted by Crippen LogP contribution is 2.32. The summed E-state index contributed by atoms with van der Waals surface area (Å²) in [5.74, 6) is 0.0465. The third-order valence-corrected chi connectivity index (χ3v) is 4.46. The molecule has 7 nitrogen and oxygen atoms in total. The minimum absolute atomic E-state index is 0. The van der Waals surface area contributed by atoms with Crippen LogP contribution in [0, 0.1) is 5.82 Å². The van der Waals surface area contributed by atoms with E-state index in [1.54, 1.807) is 12.1 Å². The van der Waals surface area contributed by atoms with E-state index in [4.69, 9.17) is 5.73 Å². The number of halogens is 4. The second-order valence-corrected chi connectivity index (χ2v) is 6.55. The molecule has 0 fully saturated rings. The average molecular weight is 421 g/mol. The quantitative estimate of drug-likeness (QED) is 0.468. The normalized spacial score (nSPS) is 12.8. The zero-order valence-electron chi connectivity index (χ0n) is 15.5. The van der Waals surface area contributed by atoms with Crippen LogP contribution < -0.4 is 11.1 Å². The number of hydrogen-bond acceptors (Lipinski definition) is 6. The summed E-state index contributed by atoms with van der Waals surface area (Å²) in [5.41, 5.74) is 6.05. The molecular weight excluding hydrogens is 402 g/mol. The van der Waals surface area contributed by atoms with Crippen molar-refractivity contribution in [3.8, 4) is 11.3 Å². The van der Waals surface area contributed by atoms with Gasteiger partial charge in [-0.2, -0.15) is 13.2 Å². The standard InChI is InChI=1S/C19H15F4N7.2H2/c1-10(11-2-4-12(20)5-3-11)27-15-8-13(25-9-26-15)16-17(24)29-30-7-6-14(19(21,22)23)28-18(16)30;;/h2-10H,1H3,(H2,24,29)(H,25,26,27);2*1H/t10-;;/m0../s1. The predicted octanol–water partition coefficient (Wildman–Crippen LogP) is 4.59. The Bertz CT molecular complexity index is 1210. The summed E-state index contributed by atoms with van der Waals surface area (Å²) in [4.78, 5) is 11.9. The highest BCUT2D eigenvalue weighted by Gasteiger charge is 2.33. The Kier molecular flexibility index (Phi) is 4.72. The number of nitrogens with zero attached hydrogens (tertiary/aromatic N) is 5. The van der Waals surface area contributed by atoms with E-state index < -0.39 is 11.9 Å². The van der Waals surface area contributed by atoms with Crippen LogP contribution in [-0.4, -0.2) is 24.6 Å². The minimum Gasteiger partial charge on any atom is -0.382 e. The van der Waals surface area contributed by atoms with Gasteiger partial charge in [-0.3, -0.25) is 0 Å². The number of nitrogens with one attached hydrogen (secondary N) is 1. The van der Waals surface area contributed by atoms with Gasteiger partial charge >= 0.3 is 6.18 Å². The van der Waals surface area contributed by atoms with Gasteiger partial charge in [0.25, 0.3) is 0 Å². The monoisotopic (exact) mass is 421 g/mol. The number of rotatable bonds is 4. The molecule has 30 heavy (non-hydrogen) atoms. The Morgan fingerprint density at radius 1 is 1.13 bits per heavy atom. The Labute approximate surface area is 170 Å².